The van der Waals surface area contributed by atoms with Crippen LogP contribution in [-0.2, 0) is 9.59 Å². The molecular formula is C23H27ClN2O5. The Labute approximate surface area is 186 Å². The van der Waals surface area contributed by atoms with Crippen LogP contribution in [0.3, 0.4) is 0 Å². The molecule has 1 fully saturated rings. The first-order chi connectivity index (χ1) is 14.9. The summed E-state index contributed by atoms with van der Waals surface area (Å²) in [6.07, 6.45) is 2.18. The zero-order valence-corrected chi connectivity index (χ0v) is 18.7. The summed E-state index contributed by atoms with van der Waals surface area (Å²) in [7, 11) is 1.49. The van der Waals surface area contributed by atoms with Gasteiger partial charge in [0.1, 0.15) is 23.3 Å². The minimum atomic E-state index is -0.799. The van der Waals surface area contributed by atoms with Crippen molar-refractivity contribution < 1.29 is 23.8 Å². The molecule has 1 saturated heterocycles. The Morgan fingerprint density at radius 3 is 2.58 bits per heavy atom. The molecule has 8 heteroatoms. The summed E-state index contributed by atoms with van der Waals surface area (Å²) in [5.74, 6) is -0.827. The molecule has 1 aliphatic heterocycles. The minimum absolute atomic E-state index is 0.0102. The summed E-state index contributed by atoms with van der Waals surface area (Å²) in [6, 6.07) is 7.28. The summed E-state index contributed by atoms with van der Waals surface area (Å²) in [5, 5.41) is 11.3. The van der Waals surface area contributed by atoms with Crippen molar-refractivity contribution in [2.75, 3.05) is 33.3 Å². The highest BCUT2D eigenvalue weighted by Gasteiger charge is 2.47. The number of benzene rings is 1. The first kappa shape index (κ1) is 22.9. The number of methoxy groups -OCH3 is 1. The van der Waals surface area contributed by atoms with Gasteiger partial charge in [0.25, 0.3) is 11.7 Å². The molecule has 7 nitrogen and oxygen atoms in total. The van der Waals surface area contributed by atoms with Crippen molar-refractivity contribution in [2.24, 2.45) is 0 Å². The Balaban J connectivity index is 1.98. The fourth-order valence-electron chi connectivity index (χ4n) is 3.83. The van der Waals surface area contributed by atoms with E-state index in [0.717, 1.165) is 19.6 Å². The third-order valence-electron chi connectivity index (χ3n) is 5.55. The van der Waals surface area contributed by atoms with Gasteiger partial charge >= 0.3 is 0 Å². The number of furan rings is 1. The van der Waals surface area contributed by atoms with Crippen LogP contribution >= 0.6 is 11.6 Å². The minimum Gasteiger partial charge on any atom is -0.507 e. The van der Waals surface area contributed by atoms with Crippen LogP contribution in [0.2, 0.25) is 5.02 Å². The highest BCUT2D eigenvalue weighted by atomic mass is 35.5. The zero-order chi connectivity index (χ0) is 22.5. The lowest BCUT2D eigenvalue weighted by Gasteiger charge is -2.25. The third kappa shape index (κ3) is 4.62. The zero-order valence-electron chi connectivity index (χ0n) is 17.9. The average molecular weight is 447 g/mol. The SMILES string of the molecule is CCN(CC)CCCN1C(=O)C(=O)/C(=C(\O)c2ccc(OC)c(Cl)c2)[C@H]1c1ccco1. The number of aliphatic hydroxyl groups excluding tert-OH is 1. The molecule has 166 valence electrons. The van der Waals surface area contributed by atoms with E-state index < -0.39 is 17.7 Å². The number of halogens is 1. The number of nitrogens with zero attached hydrogens (tertiary/aromatic N) is 2. The molecule has 1 aromatic carbocycles. The maximum absolute atomic E-state index is 12.9. The highest BCUT2D eigenvalue weighted by molar-refractivity contribution is 6.46. The molecule has 0 radical (unpaired) electrons. The summed E-state index contributed by atoms with van der Waals surface area (Å²) >= 11 is 6.19. The summed E-state index contributed by atoms with van der Waals surface area (Å²) < 4.78 is 10.7. The van der Waals surface area contributed by atoms with Crippen molar-refractivity contribution in [1.29, 1.82) is 0 Å². The smallest absolute Gasteiger partial charge is 0.295 e. The Kier molecular flexibility index (Phi) is 7.41. The van der Waals surface area contributed by atoms with Gasteiger partial charge in [-0.3, -0.25) is 9.59 Å². The summed E-state index contributed by atoms with van der Waals surface area (Å²) in [4.78, 5) is 29.5. The molecule has 1 aliphatic rings. The molecule has 0 saturated carbocycles. The topological polar surface area (TPSA) is 83.2 Å². The van der Waals surface area contributed by atoms with E-state index in [9.17, 15) is 14.7 Å². The second kappa shape index (κ2) is 10.0. The molecule has 0 spiro atoms. The molecule has 0 aliphatic carbocycles. The maximum Gasteiger partial charge on any atom is 0.295 e. The van der Waals surface area contributed by atoms with Crippen molar-refractivity contribution in [2.45, 2.75) is 26.3 Å². The van der Waals surface area contributed by atoms with E-state index in [4.69, 9.17) is 20.8 Å². The number of ketones is 1. The molecule has 2 aromatic rings. The fourth-order valence-corrected chi connectivity index (χ4v) is 4.08. The number of amides is 1. The lowest BCUT2D eigenvalue weighted by Crippen LogP contribution is -2.33. The van der Waals surface area contributed by atoms with Crippen LogP contribution in [-0.4, -0.2) is 59.9 Å². The van der Waals surface area contributed by atoms with Crippen LogP contribution in [0.25, 0.3) is 5.76 Å². The predicted molar refractivity (Wildman–Crippen MR) is 118 cm³/mol. The fraction of sp³-hybridized carbons (Fsp3) is 0.391. The molecule has 31 heavy (non-hydrogen) atoms. The van der Waals surface area contributed by atoms with Crippen molar-refractivity contribution in [3.8, 4) is 5.75 Å². The van der Waals surface area contributed by atoms with E-state index in [1.54, 1.807) is 24.3 Å². The van der Waals surface area contributed by atoms with Crippen LogP contribution < -0.4 is 4.74 Å². The van der Waals surface area contributed by atoms with Gasteiger partial charge in [-0.15, -0.1) is 0 Å². The van der Waals surface area contributed by atoms with Crippen LogP contribution in [0, 0.1) is 0 Å². The number of hydrogen-bond acceptors (Lipinski definition) is 6. The van der Waals surface area contributed by atoms with Crippen LogP contribution in [0.15, 0.2) is 46.6 Å². The second-order valence-electron chi connectivity index (χ2n) is 7.24. The third-order valence-corrected chi connectivity index (χ3v) is 5.84. The van der Waals surface area contributed by atoms with Crippen molar-refractivity contribution >= 4 is 29.1 Å². The average Bonchev–Trinajstić information content (AvgIpc) is 3.38. The van der Waals surface area contributed by atoms with E-state index in [1.165, 1.54) is 24.3 Å². The molecule has 0 bridgehead atoms. The Morgan fingerprint density at radius 2 is 2.00 bits per heavy atom. The van der Waals surface area contributed by atoms with Crippen molar-refractivity contribution in [1.82, 2.24) is 9.80 Å². The number of carbonyl (C=O) groups is 2. The van der Waals surface area contributed by atoms with E-state index in [1.807, 2.05) is 0 Å². The van der Waals surface area contributed by atoms with E-state index >= 15 is 0 Å². The largest absolute Gasteiger partial charge is 0.507 e. The standard InChI is InChI=1S/C23H27ClN2O5/c1-4-25(5-2)11-7-12-26-20(18-8-6-13-31-18)19(22(28)23(26)29)21(27)15-9-10-17(30-3)16(24)14-15/h6,8-10,13-14,20,27H,4-5,7,11-12H2,1-3H3/b21-19-/t20-/m1/s1. The Hall–Kier alpha value is -2.77. The van der Waals surface area contributed by atoms with Gasteiger partial charge in [0, 0.05) is 12.1 Å². The molecular weight excluding hydrogens is 420 g/mol. The molecule has 3 rings (SSSR count). The quantitative estimate of drug-likeness (QED) is 0.355. The van der Waals surface area contributed by atoms with Gasteiger partial charge in [-0.2, -0.15) is 0 Å². The molecule has 2 heterocycles. The Bertz CT molecular complexity index is 966. The molecule has 0 unspecified atom stereocenters. The predicted octanol–water partition coefficient (Wildman–Crippen LogP) is 4.10. The lowest BCUT2D eigenvalue weighted by atomic mass is 9.99. The second-order valence-corrected chi connectivity index (χ2v) is 7.64. The highest BCUT2D eigenvalue weighted by Crippen LogP contribution is 2.40. The first-order valence-corrected chi connectivity index (χ1v) is 10.7. The number of hydrogen-bond donors (Lipinski definition) is 1. The lowest BCUT2D eigenvalue weighted by molar-refractivity contribution is -0.140. The number of Topliss-reactive ketones (excluding diaryl/α,β-unsaturated/α-hetero) is 1. The number of aliphatic hydroxyl groups is 1. The van der Waals surface area contributed by atoms with Crippen LogP contribution in [0.5, 0.6) is 5.75 Å². The number of carbonyl (C=O) groups excluding carboxylic acids is 2. The first-order valence-electron chi connectivity index (χ1n) is 10.3. The van der Waals surface area contributed by atoms with E-state index in [-0.39, 0.29) is 16.4 Å². The van der Waals surface area contributed by atoms with Gasteiger partial charge in [0.2, 0.25) is 0 Å². The van der Waals surface area contributed by atoms with Crippen LogP contribution in [0.4, 0.5) is 0 Å². The van der Waals surface area contributed by atoms with Gasteiger partial charge in [-0.1, -0.05) is 25.4 Å². The van der Waals surface area contributed by atoms with Gasteiger partial charge in [0.15, 0.2) is 0 Å². The van der Waals surface area contributed by atoms with Gasteiger partial charge in [-0.25, -0.2) is 0 Å². The summed E-state index contributed by atoms with van der Waals surface area (Å²) in [5.41, 5.74) is 0.313. The number of ether oxygens (including phenoxy) is 1. The van der Waals surface area contributed by atoms with Gasteiger partial charge in [-0.05, 0) is 56.4 Å². The van der Waals surface area contributed by atoms with Gasteiger partial charge < -0.3 is 24.1 Å². The molecule has 1 amide bonds. The number of rotatable bonds is 9. The van der Waals surface area contributed by atoms with Crippen molar-refractivity contribution in [3.05, 3.63) is 58.5 Å². The monoisotopic (exact) mass is 446 g/mol. The molecule has 1 aromatic heterocycles. The molecule has 1 N–H and O–H groups in total. The molecule has 1 atom stereocenters. The Morgan fingerprint density at radius 1 is 1.26 bits per heavy atom. The van der Waals surface area contributed by atoms with Crippen molar-refractivity contribution in [3.63, 3.8) is 0 Å². The number of likely N-dealkylation sites (tertiary alicyclic amines) is 1. The maximum atomic E-state index is 12.9. The normalized spacial score (nSPS) is 18.2. The summed E-state index contributed by atoms with van der Waals surface area (Å²) in [6.45, 7) is 7.16. The van der Waals surface area contributed by atoms with E-state index in [2.05, 4.69) is 18.7 Å². The van der Waals surface area contributed by atoms with Crippen LogP contribution in [0.1, 0.15) is 37.6 Å². The van der Waals surface area contributed by atoms with Gasteiger partial charge in [0.05, 0.1) is 24.0 Å². The van der Waals surface area contributed by atoms with E-state index in [0.29, 0.717) is 30.0 Å².